The van der Waals surface area contributed by atoms with Crippen LogP contribution in [0.5, 0.6) is 0 Å². The van der Waals surface area contributed by atoms with E-state index in [1.807, 2.05) is 0 Å². The summed E-state index contributed by atoms with van der Waals surface area (Å²) in [6, 6.07) is 0. The fraction of sp³-hybridized carbons (Fsp3) is 0.778. The highest BCUT2D eigenvalue weighted by Crippen LogP contribution is 2.30. The summed E-state index contributed by atoms with van der Waals surface area (Å²) in [4.78, 5) is 2.43. The Labute approximate surface area is 62.7 Å². The van der Waals surface area contributed by atoms with Crippen LogP contribution in [-0.2, 0) is 0 Å². The first-order valence-corrected chi connectivity index (χ1v) is 4.24. The van der Waals surface area contributed by atoms with Crippen LogP contribution in [0.1, 0.15) is 19.3 Å². The molecule has 0 N–H and O–H groups in total. The van der Waals surface area contributed by atoms with Crippen molar-refractivity contribution in [3.63, 3.8) is 0 Å². The van der Waals surface area contributed by atoms with Crippen LogP contribution in [0, 0.1) is 5.92 Å². The van der Waals surface area contributed by atoms with Crippen molar-refractivity contribution in [2.45, 2.75) is 19.3 Å². The predicted molar refractivity (Wildman–Crippen MR) is 42.9 cm³/mol. The lowest BCUT2D eigenvalue weighted by atomic mass is 9.91. The minimum Gasteiger partial charge on any atom is -0.302 e. The molecule has 1 atom stereocenters. The summed E-state index contributed by atoms with van der Waals surface area (Å²) in [5.41, 5.74) is 1.72. The van der Waals surface area contributed by atoms with Gasteiger partial charge in [-0.05, 0) is 32.2 Å². The summed E-state index contributed by atoms with van der Waals surface area (Å²) in [7, 11) is 2.22. The van der Waals surface area contributed by atoms with Crippen LogP contribution in [0.15, 0.2) is 11.6 Å². The topological polar surface area (TPSA) is 3.24 Å². The third kappa shape index (κ3) is 0.988. The maximum atomic E-state index is 2.46. The van der Waals surface area contributed by atoms with E-state index < -0.39 is 0 Å². The fourth-order valence-electron chi connectivity index (χ4n) is 2.16. The molecule has 1 aliphatic heterocycles. The summed E-state index contributed by atoms with van der Waals surface area (Å²) in [6.45, 7) is 2.55. The van der Waals surface area contributed by atoms with Gasteiger partial charge in [-0.3, -0.25) is 0 Å². The summed E-state index contributed by atoms with van der Waals surface area (Å²) < 4.78 is 0. The van der Waals surface area contributed by atoms with Crippen LogP contribution in [-0.4, -0.2) is 25.0 Å². The molecule has 0 amide bonds. The molecule has 0 aromatic rings. The van der Waals surface area contributed by atoms with Crippen molar-refractivity contribution in [2.75, 3.05) is 20.1 Å². The van der Waals surface area contributed by atoms with E-state index >= 15 is 0 Å². The summed E-state index contributed by atoms with van der Waals surface area (Å²) in [5.74, 6) is 0.929. The van der Waals surface area contributed by atoms with Crippen molar-refractivity contribution in [3.8, 4) is 0 Å². The second-order valence-electron chi connectivity index (χ2n) is 3.60. The lowest BCUT2D eigenvalue weighted by Gasteiger charge is -2.14. The zero-order valence-corrected chi connectivity index (χ0v) is 6.64. The van der Waals surface area contributed by atoms with Crippen LogP contribution in [0.4, 0.5) is 0 Å². The molecule has 2 rings (SSSR count). The molecular formula is C9H15N. The molecule has 10 heavy (non-hydrogen) atoms. The Bertz CT molecular complexity index is 160. The van der Waals surface area contributed by atoms with Crippen LogP contribution in [0.25, 0.3) is 0 Å². The highest BCUT2D eigenvalue weighted by molar-refractivity contribution is 5.16. The van der Waals surface area contributed by atoms with Crippen LogP contribution in [0.2, 0.25) is 0 Å². The molecule has 0 saturated carbocycles. The molecular weight excluding hydrogens is 122 g/mol. The van der Waals surface area contributed by atoms with Crippen molar-refractivity contribution in [1.29, 1.82) is 0 Å². The molecule has 1 fully saturated rings. The molecule has 0 spiro atoms. The number of rotatable bonds is 0. The fourth-order valence-corrected chi connectivity index (χ4v) is 2.16. The Kier molecular flexibility index (Phi) is 1.53. The van der Waals surface area contributed by atoms with Gasteiger partial charge >= 0.3 is 0 Å². The maximum Gasteiger partial charge on any atom is 0.0193 e. The van der Waals surface area contributed by atoms with E-state index in [1.54, 1.807) is 5.57 Å². The van der Waals surface area contributed by atoms with Gasteiger partial charge in [0, 0.05) is 13.1 Å². The highest BCUT2D eigenvalue weighted by Gasteiger charge is 2.25. The van der Waals surface area contributed by atoms with Gasteiger partial charge in [0.05, 0.1) is 0 Å². The number of allylic oxidation sites excluding steroid dienone is 1. The summed E-state index contributed by atoms with van der Waals surface area (Å²) in [5, 5.41) is 0. The largest absolute Gasteiger partial charge is 0.302 e. The Morgan fingerprint density at radius 2 is 2.50 bits per heavy atom. The third-order valence-electron chi connectivity index (χ3n) is 2.67. The van der Waals surface area contributed by atoms with Crippen molar-refractivity contribution in [1.82, 2.24) is 4.90 Å². The molecule has 0 bridgehead atoms. The average molecular weight is 137 g/mol. The zero-order chi connectivity index (χ0) is 6.97. The minimum absolute atomic E-state index is 0.929. The van der Waals surface area contributed by atoms with Crippen LogP contribution < -0.4 is 0 Å². The molecule has 1 heterocycles. The van der Waals surface area contributed by atoms with Gasteiger partial charge in [0.1, 0.15) is 0 Å². The summed E-state index contributed by atoms with van der Waals surface area (Å²) >= 11 is 0. The van der Waals surface area contributed by atoms with Crippen LogP contribution >= 0.6 is 0 Å². The molecule has 56 valence electrons. The van der Waals surface area contributed by atoms with Gasteiger partial charge < -0.3 is 4.90 Å². The molecule has 1 heteroatoms. The lowest BCUT2D eigenvalue weighted by molar-refractivity contribution is 0.385. The SMILES string of the molecule is CN1CC2=CCCCC2C1. The van der Waals surface area contributed by atoms with Gasteiger partial charge in [-0.2, -0.15) is 0 Å². The highest BCUT2D eigenvalue weighted by atomic mass is 15.1. The lowest BCUT2D eigenvalue weighted by Crippen LogP contribution is -2.13. The number of fused-ring (bicyclic) bond motifs is 1. The standard InChI is InChI=1S/C9H15N/c1-10-6-8-4-2-3-5-9(8)7-10/h4,9H,2-3,5-7H2,1H3. The van der Waals surface area contributed by atoms with Crippen molar-refractivity contribution >= 4 is 0 Å². The van der Waals surface area contributed by atoms with E-state index in [0.29, 0.717) is 0 Å². The van der Waals surface area contributed by atoms with Crippen molar-refractivity contribution in [3.05, 3.63) is 11.6 Å². The number of nitrogens with zero attached hydrogens (tertiary/aromatic N) is 1. The molecule has 0 aromatic carbocycles. The Hall–Kier alpha value is -0.300. The van der Waals surface area contributed by atoms with Gasteiger partial charge in [-0.1, -0.05) is 11.6 Å². The molecule has 0 radical (unpaired) electrons. The molecule has 1 saturated heterocycles. The molecule has 2 aliphatic rings. The first-order valence-electron chi connectivity index (χ1n) is 4.24. The maximum absolute atomic E-state index is 2.46. The quantitative estimate of drug-likeness (QED) is 0.459. The average Bonchev–Trinajstić information content (AvgIpc) is 2.27. The minimum atomic E-state index is 0.929. The molecule has 1 nitrogen and oxygen atoms in total. The molecule has 0 aromatic heterocycles. The first-order chi connectivity index (χ1) is 4.86. The second-order valence-corrected chi connectivity index (χ2v) is 3.60. The zero-order valence-electron chi connectivity index (χ0n) is 6.64. The van der Waals surface area contributed by atoms with Gasteiger partial charge in [0.2, 0.25) is 0 Å². The van der Waals surface area contributed by atoms with Gasteiger partial charge in [-0.15, -0.1) is 0 Å². The van der Waals surface area contributed by atoms with Crippen molar-refractivity contribution in [2.24, 2.45) is 5.92 Å². The Balaban J connectivity index is 2.13. The Morgan fingerprint density at radius 3 is 3.30 bits per heavy atom. The predicted octanol–water partition coefficient (Wildman–Crippen LogP) is 1.66. The third-order valence-corrected chi connectivity index (χ3v) is 2.67. The van der Waals surface area contributed by atoms with E-state index in [-0.39, 0.29) is 0 Å². The smallest absolute Gasteiger partial charge is 0.0193 e. The van der Waals surface area contributed by atoms with Gasteiger partial charge in [0.25, 0.3) is 0 Å². The van der Waals surface area contributed by atoms with E-state index in [0.717, 1.165) is 5.92 Å². The molecule has 1 unspecified atom stereocenters. The number of likely N-dealkylation sites (tertiary alicyclic amines) is 1. The van der Waals surface area contributed by atoms with E-state index in [2.05, 4.69) is 18.0 Å². The van der Waals surface area contributed by atoms with E-state index in [9.17, 15) is 0 Å². The van der Waals surface area contributed by atoms with Gasteiger partial charge in [0.15, 0.2) is 0 Å². The first kappa shape index (κ1) is 6.41. The van der Waals surface area contributed by atoms with Crippen LogP contribution in [0.3, 0.4) is 0 Å². The van der Waals surface area contributed by atoms with E-state index in [1.165, 1.54) is 32.4 Å². The van der Waals surface area contributed by atoms with E-state index in [4.69, 9.17) is 0 Å². The molecule has 1 aliphatic carbocycles. The second kappa shape index (κ2) is 2.39. The normalized spacial score (nSPS) is 33.7. The number of hydrogen-bond donors (Lipinski definition) is 0. The Morgan fingerprint density at radius 1 is 1.60 bits per heavy atom. The summed E-state index contributed by atoms with van der Waals surface area (Å²) in [6.07, 6.45) is 6.65. The number of hydrogen-bond acceptors (Lipinski definition) is 1. The van der Waals surface area contributed by atoms with Gasteiger partial charge in [-0.25, -0.2) is 0 Å². The number of likely N-dealkylation sites (N-methyl/N-ethyl adjacent to an activating group) is 1. The van der Waals surface area contributed by atoms with Crippen molar-refractivity contribution < 1.29 is 0 Å². The monoisotopic (exact) mass is 137 g/mol.